The number of carbonyl (C=O) groups excluding carboxylic acids is 2. The quantitative estimate of drug-likeness (QED) is 0.786. The first kappa shape index (κ1) is 20.7. The van der Waals surface area contributed by atoms with Crippen molar-refractivity contribution in [1.29, 1.82) is 5.26 Å². The van der Waals surface area contributed by atoms with Gasteiger partial charge in [0.1, 0.15) is 5.69 Å². The molecule has 1 aliphatic carbocycles. The van der Waals surface area contributed by atoms with Crippen LogP contribution < -0.4 is 10.2 Å². The molecule has 0 bridgehead atoms. The van der Waals surface area contributed by atoms with Crippen molar-refractivity contribution in [2.75, 3.05) is 11.4 Å². The first-order chi connectivity index (χ1) is 14.7. The van der Waals surface area contributed by atoms with E-state index < -0.39 is 23.6 Å². The molecule has 31 heavy (non-hydrogen) atoms. The summed E-state index contributed by atoms with van der Waals surface area (Å²) >= 11 is 0. The molecule has 1 atom stereocenters. The van der Waals surface area contributed by atoms with Crippen molar-refractivity contribution >= 4 is 17.5 Å². The number of amides is 2. The van der Waals surface area contributed by atoms with Gasteiger partial charge in [-0.05, 0) is 56.5 Å². The zero-order valence-corrected chi connectivity index (χ0v) is 16.7. The minimum Gasteiger partial charge on any atom is -0.338 e. The molecule has 1 N–H and O–H groups in total. The number of hydrogen-bond donors (Lipinski definition) is 1. The molecule has 0 saturated heterocycles. The highest BCUT2D eigenvalue weighted by Gasteiger charge is 2.35. The van der Waals surface area contributed by atoms with Gasteiger partial charge >= 0.3 is 6.18 Å². The number of anilines is 1. The summed E-state index contributed by atoms with van der Waals surface area (Å²) in [7, 11) is 0. The lowest BCUT2D eigenvalue weighted by Gasteiger charge is -2.33. The van der Waals surface area contributed by atoms with E-state index in [4.69, 9.17) is 0 Å². The second-order valence-electron chi connectivity index (χ2n) is 7.67. The normalized spacial score (nSPS) is 18.7. The van der Waals surface area contributed by atoms with E-state index in [0.717, 1.165) is 18.6 Å². The molecule has 9 heteroatoms. The number of alkyl halides is 3. The minimum atomic E-state index is -4.46. The van der Waals surface area contributed by atoms with Crippen molar-refractivity contribution in [3.8, 4) is 6.07 Å². The van der Waals surface area contributed by atoms with Crippen LogP contribution in [0.15, 0.2) is 47.8 Å². The van der Waals surface area contributed by atoms with Gasteiger partial charge in [0.15, 0.2) is 0 Å². The molecule has 160 valence electrons. The fourth-order valence-electron chi connectivity index (χ4n) is 4.05. The number of allylic oxidation sites excluding steroid dienone is 2. The SMILES string of the molecule is C[C@H]1CN(c2ccc(C(F)(F)F)cc2)C(=O)c2c(C(=O)NC3=C(C#N)CCC3)ccn21. The highest BCUT2D eigenvalue weighted by molar-refractivity contribution is 6.13. The minimum absolute atomic E-state index is 0.171. The highest BCUT2D eigenvalue weighted by Crippen LogP contribution is 2.33. The molecule has 2 aliphatic rings. The third kappa shape index (κ3) is 3.69. The van der Waals surface area contributed by atoms with Gasteiger partial charge in [-0.15, -0.1) is 0 Å². The fourth-order valence-corrected chi connectivity index (χ4v) is 4.05. The van der Waals surface area contributed by atoms with E-state index in [1.165, 1.54) is 17.0 Å². The lowest BCUT2D eigenvalue weighted by molar-refractivity contribution is -0.137. The van der Waals surface area contributed by atoms with Crippen LogP contribution in [0.1, 0.15) is 58.6 Å². The number of hydrogen-bond acceptors (Lipinski definition) is 3. The zero-order chi connectivity index (χ0) is 22.3. The first-order valence-electron chi connectivity index (χ1n) is 9.84. The number of rotatable bonds is 3. The number of carbonyl (C=O) groups is 2. The smallest absolute Gasteiger partial charge is 0.338 e. The molecule has 0 saturated carbocycles. The van der Waals surface area contributed by atoms with Gasteiger partial charge in [0.2, 0.25) is 0 Å². The summed E-state index contributed by atoms with van der Waals surface area (Å²) in [6.07, 6.45) is -0.825. The van der Waals surface area contributed by atoms with Crippen molar-refractivity contribution in [3.05, 3.63) is 64.6 Å². The average molecular weight is 428 g/mol. The van der Waals surface area contributed by atoms with Crippen LogP contribution in [0.2, 0.25) is 0 Å². The molecule has 4 rings (SSSR count). The first-order valence-corrected chi connectivity index (χ1v) is 9.84. The monoisotopic (exact) mass is 428 g/mol. The van der Waals surface area contributed by atoms with E-state index in [-0.39, 0.29) is 23.8 Å². The van der Waals surface area contributed by atoms with Crippen LogP contribution in [-0.2, 0) is 6.18 Å². The molecule has 2 heterocycles. The molecule has 0 radical (unpaired) electrons. The summed E-state index contributed by atoms with van der Waals surface area (Å²) in [5, 5.41) is 11.9. The van der Waals surface area contributed by atoms with Crippen molar-refractivity contribution in [3.63, 3.8) is 0 Å². The fraction of sp³-hybridized carbons (Fsp3) is 0.318. The Kier molecular flexibility index (Phi) is 5.09. The molecule has 1 aliphatic heterocycles. The number of fused-ring (bicyclic) bond motifs is 1. The molecular formula is C22H19F3N4O2. The van der Waals surface area contributed by atoms with Crippen molar-refractivity contribution in [1.82, 2.24) is 9.88 Å². The van der Waals surface area contributed by atoms with E-state index in [0.29, 0.717) is 29.8 Å². The predicted molar refractivity (Wildman–Crippen MR) is 106 cm³/mol. The van der Waals surface area contributed by atoms with Gasteiger partial charge < -0.3 is 14.8 Å². The maximum atomic E-state index is 13.2. The molecule has 2 amide bonds. The summed E-state index contributed by atoms with van der Waals surface area (Å²) < 4.78 is 40.3. The number of halogens is 3. The van der Waals surface area contributed by atoms with Crippen LogP contribution in [0.3, 0.4) is 0 Å². The van der Waals surface area contributed by atoms with Crippen molar-refractivity contribution < 1.29 is 22.8 Å². The number of nitrogens with zero attached hydrogens (tertiary/aromatic N) is 3. The molecule has 6 nitrogen and oxygen atoms in total. The predicted octanol–water partition coefficient (Wildman–Crippen LogP) is 4.42. The molecule has 2 aromatic rings. The van der Waals surface area contributed by atoms with Crippen LogP contribution in [0, 0.1) is 11.3 Å². The lowest BCUT2D eigenvalue weighted by atomic mass is 10.1. The summed E-state index contributed by atoms with van der Waals surface area (Å²) in [6.45, 7) is 2.12. The van der Waals surface area contributed by atoms with Gasteiger partial charge in [0, 0.05) is 35.7 Å². The zero-order valence-electron chi connectivity index (χ0n) is 16.7. The largest absolute Gasteiger partial charge is 0.416 e. The third-order valence-electron chi connectivity index (χ3n) is 5.65. The Labute approximate surface area is 176 Å². The Morgan fingerprint density at radius 1 is 1.19 bits per heavy atom. The van der Waals surface area contributed by atoms with E-state index in [1.807, 2.05) is 6.92 Å². The molecule has 1 aromatic heterocycles. The van der Waals surface area contributed by atoms with Gasteiger partial charge in [-0.2, -0.15) is 18.4 Å². The number of aromatic nitrogens is 1. The van der Waals surface area contributed by atoms with Gasteiger partial charge in [0.05, 0.1) is 17.2 Å². The van der Waals surface area contributed by atoms with Crippen LogP contribution >= 0.6 is 0 Å². The Hall–Kier alpha value is -3.54. The second kappa shape index (κ2) is 7.61. The van der Waals surface area contributed by atoms with Crippen molar-refractivity contribution in [2.24, 2.45) is 0 Å². The van der Waals surface area contributed by atoms with Gasteiger partial charge in [-0.1, -0.05) is 0 Å². The van der Waals surface area contributed by atoms with Gasteiger partial charge in [-0.25, -0.2) is 0 Å². The summed E-state index contributed by atoms with van der Waals surface area (Å²) in [4.78, 5) is 27.5. The number of nitrogens with one attached hydrogen (secondary N) is 1. The topological polar surface area (TPSA) is 78.1 Å². The van der Waals surface area contributed by atoms with E-state index >= 15 is 0 Å². The standard InChI is InChI=1S/C22H19F3N4O2/c1-13-12-29(16-7-5-15(6-8-16)22(23,24)25)21(31)19-17(9-10-28(13)19)20(30)27-18-4-2-3-14(18)11-26/h5-10,13H,2-4,12H2,1H3,(H,27,30)/t13-/m0/s1. The van der Waals surface area contributed by atoms with E-state index in [9.17, 15) is 28.0 Å². The molecule has 1 aromatic carbocycles. The highest BCUT2D eigenvalue weighted by atomic mass is 19.4. The van der Waals surface area contributed by atoms with Crippen LogP contribution in [0.5, 0.6) is 0 Å². The van der Waals surface area contributed by atoms with Gasteiger partial charge in [-0.3, -0.25) is 9.59 Å². The van der Waals surface area contributed by atoms with Gasteiger partial charge in [0.25, 0.3) is 11.8 Å². The maximum Gasteiger partial charge on any atom is 0.416 e. The third-order valence-corrected chi connectivity index (χ3v) is 5.65. The maximum absolute atomic E-state index is 13.2. The van der Waals surface area contributed by atoms with E-state index in [2.05, 4.69) is 11.4 Å². The molecule has 0 unspecified atom stereocenters. The van der Waals surface area contributed by atoms with Crippen LogP contribution in [-0.4, -0.2) is 22.9 Å². The van der Waals surface area contributed by atoms with E-state index in [1.54, 1.807) is 16.8 Å². The Bertz CT molecular complexity index is 1120. The van der Waals surface area contributed by atoms with Crippen LogP contribution in [0.4, 0.5) is 18.9 Å². The molecular weight excluding hydrogens is 409 g/mol. The summed E-state index contributed by atoms with van der Waals surface area (Å²) in [6, 6.07) is 7.85. The average Bonchev–Trinajstić information content (AvgIpc) is 3.37. The Balaban J connectivity index is 1.64. The Morgan fingerprint density at radius 2 is 1.90 bits per heavy atom. The second-order valence-corrected chi connectivity index (χ2v) is 7.67. The number of nitriles is 1. The van der Waals surface area contributed by atoms with Crippen molar-refractivity contribution in [2.45, 2.75) is 38.4 Å². The molecule has 0 fully saturated rings. The van der Waals surface area contributed by atoms with Crippen LogP contribution in [0.25, 0.3) is 0 Å². The molecule has 0 spiro atoms. The lowest BCUT2D eigenvalue weighted by Crippen LogP contribution is -2.43. The summed E-state index contributed by atoms with van der Waals surface area (Å²) in [5.41, 5.74) is 0.985. The Morgan fingerprint density at radius 3 is 2.55 bits per heavy atom. The number of benzene rings is 1. The summed E-state index contributed by atoms with van der Waals surface area (Å²) in [5.74, 6) is -0.942.